The van der Waals surface area contributed by atoms with Gasteiger partial charge in [-0.1, -0.05) is 29.3 Å². The summed E-state index contributed by atoms with van der Waals surface area (Å²) in [5.74, 6) is 0.0275. The maximum Gasteiger partial charge on any atom is 0.318 e. The predicted molar refractivity (Wildman–Crippen MR) is 110 cm³/mol. The summed E-state index contributed by atoms with van der Waals surface area (Å²) in [4.78, 5) is 24.9. The SMILES string of the molecule is Cc1ccc(N=Cc2ccc(Oc3ccc([N+](=O)[O-])cc3[N+](=O)[O-])c(Cl)c2)cc1. The summed E-state index contributed by atoms with van der Waals surface area (Å²) in [5.41, 5.74) is 1.70. The van der Waals surface area contributed by atoms with E-state index >= 15 is 0 Å². The highest BCUT2D eigenvalue weighted by Gasteiger charge is 2.21. The minimum absolute atomic E-state index is 0.149. The average molecular weight is 412 g/mol. The molecule has 0 spiro atoms. The van der Waals surface area contributed by atoms with E-state index in [0.717, 1.165) is 23.4 Å². The topological polar surface area (TPSA) is 108 Å². The van der Waals surface area contributed by atoms with E-state index in [4.69, 9.17) is 16.3 Å². The van der Waals surface area contributed by atoms with Crippen LogP contribution in [0.5, 0.6) is 11.5 Å². The normalized spacial score (nSPS) is 10.8. The summed E-state index contributed by atoms with van der Waals surface area (Å²) in [7, 11) is 0. The number of aryl methyl sites for hydroxylation is 1. The lowest BCUT2D eigenvalue weighted by Crippen LogP contribution is -1.96. The Bertz CT molecular complexity index is 1110. The first-order valence-electron chi connectivity index (χ1n) is 8.34. The maximum absolute atomic E-state index is 11.2. The summed E-state index contributed by atoms with van der Waals surface area (Å²) >= 11 is 6.23. The van der Waals surface area contributed by atoms with E-state index in [9.17, 15) is 20.2 Å². The van der Waals surface area contributed by atoms with Crippen LogP contribution in [0.3, 0.4) is 0 Å². The van der Waals surface area contributed by atoms with E-state index in [0.29, 0.717) is 5.56 Å². The lowest BCUT2D eigenvalue weighted by Gasteiger charge is -2.08. The monoisotopic (exact) mass is 411 g/mol. The van der Waals surface area contributed by atoms with Crippen molar-refractivity contribution in [2.24, 2.45) is 4.99 Å². The van der Waals surface area contributed by atoms with Crippen molar-refractivity contribution in [3.8, 4) is 11.5 Å². The van der Waals surface area contributed by atoms with Crippen LogP contribution in [-0.2, 0) is 0 Å². The number of hydrogen-bond donors (Lipinski definition) is 0. The van der Waals surface area contributed by atoms with Crippen LogP contribution in [0.15, 0.2) is 65.7 Å². The summed E-state index contributed by atoms with van der Waals surface area (Å²) in [6.45, 7) is 1.99. The summed E-state index contributed by atoms with van der Waals surface area (Å²) in [6.07, 6.45) is 1.63. The third kappa shape index (κ3) is 4.94. The van der Waals surface area contributed by atoms with E-state index in [2.05, 4.69) is 4.99 Å². The van der Waals surface area contributed by atoms with Gasteiger partial charge in [-0.25, -0.2) is 0 Å². The van der Waals surface area contributed by atoms with Gasteiger partial charge in [-0.3, -0.25) is 25.2 Å². The molecule has 146 valence electrons. The van der Waals surface area contributed by atoms with E-state index in [-0.39, 0.29) is 16.5 Å². The zero-order valence-electron chi connectivity index (χ0n) is 15.1. The van der Waals surface area contributed by atoms with Crippen molar-refractivity contribution in [3.05, 3.63) is 97.0 Å². The van der Waals surface area contributed by atoms with Gasteiger partial charge in [0.1, 0.15) is 5.75 Å². The molecule has 0 saturated heterocycles. The molecule has 0 aromatic heterocycles. The Morgan fingerprint density at radius 2 is 1.62 bits per heavy atom. The predicted octanol–water partition coefficient (Wildman–Crippen LogP) is 6.01. The van der Waals surface area contributed by atoms with Crippen molar-refractivity contribution < 1.29 is 14.6 Å². The highest BCUT2D eigenvalue weighted by atomic mass is 35.5. The molecule has 0 atom stereocenters. The fourth-order valence-electron chi connectivity index (χ4n) is 2.43. The highest BCUT2D eigenvalue weighted by Crippen LogP contribution is 2.37. The lowest BCUT2D eigenvalue weighted by molar-refractivity contribution is -0.394. The first kappa shape index (κ1) is 20.0. The van der Waals surface area contributed by atoms with Crippen molar-refractivity contribution in [1.29, 1.82) is 0 Å². The van der Waals surface area contributed by atoms with Gasteiger partial charge in [0.2, 0.25) is 5.75 Å². The van der Waals surface area contributed by atoms with Crippen molar-refractivity contribution in [2.45, 2.75) is 6.92 Å². The molecule has 0 bridgehead atoms. The first-order valence-corrected chi connectivity index (χ1v) is 8.72. The Hall–Kier alpha value is -3.78. The minimum atomic E-state index is -0.751. The summed E-state index contributed by atoms with van der Waals surface area (Å²) < 4.78 is 5.53. The molecule has 3 rings (SSSR count). The second-order valence-electron chi connectivity index (χ2n) is 6.05. The third-order valence-corrected chi connectivity index (χ3v) is 4.22. The Labute approximate surface area is 170 Å². The quantitative estimate of drug-likeness (QED) is 0.280. The number of hydrogen-bond acceptors (Lipinski definition) is 6. The Kier molecular flexibility index (Phi) is 5.85. The molecule has 3 aromatic rings. The zero-order valence-corrected chi connectivity index (χ0v) is 15.9. The standard InChI is InChI=1S/C20H14ClN3O5/c1-13-2-5-15(6-3-13)22-12-14-4-8-19(17(21)10-14)29-20-9-7-16(23(25)26)11-18(20)24(27)28/h2-12H,1H3. The van der Waals surface area contributed by atoms with Gasteiger partial charge in [-0.05, 0) is 48.9 Å². The maximum atomic E-state index is 11.2. The van der Waals surface area contributed by atoms with Crippen LogP contribution in [0.2, 0.25) is 5.02 Å². The Morgan fingerprint density at radius 1 is 0.931 bits per heavy atom. The van der Waals surface area contributed by atoms with E-state index in [1.54, 1.807) is 24.4 Å². The molecule has 0 heterocycles. The molecule has 0 aliphatic rings. The molecule has 8 nitrogen and oxygen atoms in total. The minimum Gasteiger partial charge on any atom is -0.449 e. The fraction of sp³-hybridized carbons (Fsp3) is 0.0500. The smallest absolute Gasteiger partial charge is 0.318 e. The molecule has 29 heavy (non-hydrogen) atoms. The van der Waals surface area contributed by atoms with Crippen LogP contribution in [0.4, 0.5) is 17.1 Å². The van der Waals surface area contributed by atoms with Crippen LogP contribution in [0.1, 0.15) is 11.1 Å². The number of nitro groups is 2. The van der Waals surface area contributed by atoms with E-state index in [1.807, 2.05) is 31.2 Å². The van der Waals surface area contributed by atoms with E-state index < -0.39 is 21.2 Å². The second-order valence-corrected chi connectivity index (χ2v) is 6.46. The van der Waals surface area contributed by atoms with Crippen molar-refractivity contribution in [3.63, 3.8) is 0 Å². The molecule has 0 N–H and O–H groups in total. The molecule has 9 heteroatoms. The largest absolute Gasteiger partial charge is 0.449 e. The van der Waals surface area contributed by atoms with Gasteiger partial charge in [0, 0.05) is 12.3 Å². The molecule has 0 aliphatic heterocycles. The molecule has 0 saturated carbocycles. The number of ether oxygens (including phenoxy) is 1. The lowest BCUT2D eigenvalue weighted by atomic mass is 10.2. The molecule has 0 unspecified atom stereocenters. The molecule has 0 amide bonds. The number of nitrogens with zero attached hydrogens (tertiary/aromatic N) is 3. The molecular formula is C20H14ClN3O5. The van der Waals surface area contributed by atoms with Gasteiger partial charge in [-0.15, -0.1) is 0 Å². The summed E-state index contributed by atoms with van der Waals surface area (Å²) in [6, 6.07) is 15.6. The molecular weight excluding hydrogens is 398 g/mol. The second kappa shape index (κ2) is 8.49. The number of non-ortho nitro benzene ring substituents is 1. The highest BCUT2D eigenvalue weighted by molar-refractivity contribution is 6.32. The van der Waals surface area contributed by atoms with Gasteiger partial charge in [0.15, 0.2) is 0 Å². The van der Waals surface area contributed by atoms with Crippen molar-refractivity contribution >= 4 is 34.9 Å². The number of rotatable bonds is 6. The van der Waals surface area contributed by atoms with Crippen molar-refractivity contribution in [2.75, 3.05) is 0 Å². The molecule has 0 radical (unpaired) electrons. The van der Waals surface area contributed by atoms with Gasteiger partial charge in [-0.2, -0.15) is 0 Å². The zero-order chi connectivity index (χ0) is 21.0. The van der Waals surface area contributed by atoms with Crippen LogP contribution < -0.4 is 4.74 Å². The third-order valence-electron chi connectivity index (χ3n) is 3.92. The number of aliphatic imine (C=N–C) groups is 1. The van der Waals surface area contributed by atoms with Gasteiger partial charge in [0.05, 0.1) is 26.6 Å². The Balaban J connectivity index is 1.83. The molecule has 0 aliphatic carbocycles. The van der Waals surface area contributed by atoms with Crippen LogP contribution in [0, 0.1) is 27.2 Å². The van der Waals surface area contributed by atoms with Crippen LogP contribution in [0.25, 0.3) is 0 Å². The number of halogens is 1. The average Bonchev–Trinajstić information content (AvgIpc) is 2.69. The molecule has 0 fully saturated rings. The number of benzene rings is 3. The first-order chi connectivity index (χ1) is 13.8. The fourth-order valence-corrected chi connectivity index (χ4v) is 2.65. The van der Waals surface area contributed by atoms with Crippen LogP contribution >= 0.6 is 11.6 Å². The van der Waals surface area contributed by atoms with Gasteiger partial charge >= 0.3 is 5.69 Å². The van der Waals surface area contributed by atoms with Gasteiger partial charge in [0.25, 0.3) is 5.69 Å². The van der Waals surface area contributed by atoms with Crippen molar-refractivity contribution in [1.82, 2.24) is 0 Å². The van der Waals surface area contributed by atoms with Crippen LogP contribution in [-0.4, -0.2) is 16.1 Å². The Morgan fingerprint density at radius 3 is 2.24 bits per heavy atom. The molecule has 3 aromatic carbocycles. The summed E-state index contributed by atoms with van der Waals surface area (Å²) in [5, 5.41) is 22.3. The van der Waals surface area contributed by atoms with E-state index in [1.165, 1.54) is 6.07 Å². The number of nitro benzene ring substituents is 2. The van der Waals surface area contributed by atoms with Gasteiger partial charge < -0.3 is 4.74 Å².